The summed E-state index contributed by atoms with van der Waals surface area (Å²) in [5.74, 6) is -0.114. The van der Waals surface area contributed by atoms with Crippen LogP contribution in [0.1, 0.15) is 12.0 Å². The van der Waals surface area contributed by atoms with Gasteiger partial charge in [-0.25, -0.2) is 0 Å². The standard InChI is InChI=1S/C11H13ClN2O.ClH/c12-9-3-1-7(2-4-9)11(10(14)15)5-8(11)6-13;/h1-4,8H,5-6,13H2,(H2,14,15);1H/t8-,11+;/m1./s1. The maximum absolute atomic E-state index is 11.5. The first-order valence-corrected chi connectivity index (χ1v) is 5.25. The summed E-state index contributed by atoms with van der Waals surface area (Å²) in [6, 6.07) is 7.24. The summed E-state index contributed by atoms with van der Waals surface area (Å²) >= 11 is 5.79. The highest BCUT2D eigenvalue weighted by molar-refractivity contribution is 6.30. The molecule has 0 saturated heterocycles. The average molecular weight is 261 g/mol. The molecule has 0 spiro atoms. The Bertz CT molecular complexity index is 393. The van der Waals surface area contributed by atoms with Crippen LogP contribution in [0.15, 0.2) is 24.3 Å². The molecule has 0 radical (unpaired) electrons. The van der Waals surface area contributed by atoms with Crippen molar-refractivity contribution in [2.75, 3.05) is 6.54 Å². The van der Waals surface area contributed by atoms with Crippen LogP contribution in [0.5, 0.6) is 0 Å². The van der Waals surface area contributed by atoms with Crippen LogP contribution < -0.4 is 11.5 Å². The Kier molecular flexibility index (Phi) is 3.84. The van der Waals surface area contributed by atoms with E-state index in [-0.39, 0.29) is 24.2 Å². The van der Waals surface area contributed by atoms with Crippen LogP contribution in [0.3, 0.4) is 0 Å². The quantitative estimate of drug-likeness (QED) is 0.864. The minimum atomic E-state index is -0.542. The van der Waals surface area contributed by atoms with E-state index in [1.165, 1.54) is 0 Å². The van der Waals surface area contributed by atoms with E-state index in [9.17, 15) is 4.79 Å². The van der Waals surface area contributed by atoms with E-state index in [2.05, 4.69) is 0 Å². The van der Waals surface area contributed by atoms with Gasteiger partial charge in [-0.1, -0.05) is 23.7 Å². The van der Waals surface area contributed by atoms with Crippen LogP contribution >= 0.6 is 24.0 Å². The van der Waals surface area contributed by atoms with Crippen LogP contribution in [-0.2, 0) is 10.2 Å². The van der Waals surface area contributed by atoms with E-state index in [0.29, 0.717) is 11.6 Å². The molecule has 1 amide bonds. The smallest absolute Gasteiger partial charge is 0.228 e. The number of hydrogen-bond donors (Lipinski definition) is 2. The molecule has 0 aromatic heterocycles. The average Bonchev–Trinajstić information content (AvgIpc) is 2.94. The molecular weight excluding hydrogens is 247 g/mol. The molecular formula is C11H14Cl2N2O. The van der Waals surface area contributed by atoms with Crippen LogP contribution in [0, 0.1) is 5.92 Å². The Morgan fingerprint density at radius 3 is 2.38 bits per heavy atom. The number of halogens is 2. The number of carbonyl (C=O) groups is 1. The molecule has 0 bridgehead atoms. The van der Waals surface area contributed by atoms with Gasteiger partial charge in [0.2, 0.25) is 5.91 Å². The van der Waals surface area contributed by atoms with Crippen molar-refractivity contribution in [3.8, 4) is 0 Å². The van der Waals surface area contributed by atoms with E-state index in [1.54, 1.807) is 12.1 Å². The second-order valence-electron chi connectivity index (χ2n) is 3.98. The summed E-state index contributed by atoms with van der Waals surface area (Å²) in [5.41, 5.74) is 11.4. The van der Waals surface area contributed by atoms with Gasteiger partial charge in [0.05, 0.1) is 5.41 Å². The molecule has 2 rings (SSSR count). The number of rotatable bonds is 3. The summed E-state index contributed by atoms with van der Waals surface area (Å²) in [7, 11) is 0. The van der Waals surface area contributed by atoms with Gasteiger partial charge in [-0.05, 0) is 36.6 Å². The largest absolute Gasteiger partial charge is 0.369 e. The fraction of sp³-hybridized carbons (Fsp3) is 0.364. The summed E-state index contributed by atoms with van der Waals surface area (Å²) in [6.45, 7) is 0.492. The predicted molar refractivity (Wildman–Crippen MR) is 66.7 cm³/mol. The van der Waals surface area contributed by atoms with E-state index in [1.807, 2.05) is 12.1 Å². The SMILES string of the molecule is Cl.NC[C@H]1C[C@]1(C(N)=O)c1ccc(Cl)cc1. The third-order valence-electron chi connectivity index (χ3n) is 3.19. The predicted octanol–water partition coefficient (Wildman–Crippen LogP) is 1.46. The van der Waals surface area contributed by atoms with Crippen LogP contribution in [0.2, 0.25) is 5.02 Å². The fourth-order valence-electron chi connectivity index (χ4n) is 2.16. The third kappa shape index (κ3) is 1.90. The van der Waals surface area contributed by atoms with Crippen molar-refractivity contribution in [2.24, 2.45) is 17.4 Å². The molecule has 1 aromatic rings. The second-order valence-corrected chi connectivity index (χ2v) is 4.42. The lowest BCUT2D eigenvalue weighted by atomic mass is 9.92. The number of nitrogens with two attached hydrogens (primary N) is 2. The Morgan fingerprint density at radius 2 is 2.00 bits per heavy atom. The molecule has 1 aliphatic carbocycles. The first-order chi connectivity index (χ1) is 7.11. The summed E-state index contributed by atoms with van der Waals surface area (Å²) in [6.07, 6.45) is 0.750. The molecule has 16 heavy (non-hydrogen) atoms. The van der Waals surface area contributed by atoms with Gasteiger partial charge in [-0.2, -0.15) is 0 Å². The Labute approximate surface area is 106 Å². The van der Waals surface area contributed by atoms with E-state index >= 15 is 0 Å². The molecule has 0 unspecified atom stereocenters. The highest BCUT2D eigenvalue weighted by Gasteiger charge is 2.59. The van der Waals surface area contributed by atoms with Gasteiger partial charge in [0.1, 0.15) is 0 Å². The van der Waals surface area contributed by atoms with Gasteiger partial charge in [-0.15, -0.1) is 12.4 Å². The van der Waals surface area contributed by atoms with Crippen molar-refractivity contribution in [2.45, 2.75) is 11.8 Å². The zero-order valence-electron chi connectivity index (χ0n) is 8.65. The topological polar surface area (TPSA) is 69.1 Å². The molecule has 88 valence electrons. The van der Waals surface area contributed by atoms with Crippen molar-refractivity contribution in [1.29, 1.82) is 0 Å². The lowest BCUT2D eigenvalue weighted by Crippen LogP contribution is -2.32. The van der Waals surface area contributed by atoms with E-state index in [4.69, 9.17) is 23.1 Å². The third-order valence-corrected chi connectivity index (χ3v) is 3.44. The van der Waals surface area contributed by atoms with Crippen molar-refractivity contribution in [3.63, 3.8) is 0 Å². The molecule has 0 heterocycles. The van der Waals surface area contributed by atoms with Crippen molar-refractivity contribution in [3.05, 3.63) is 34.9 Å². The monoisotopic (exact) mass is 260 g/mol. The maximum atomic E-state index is 11.5. The van der Waals surface area contributed by atoms with Gasteiger partial charge in [0.25, 0.3) is 0 Å². The van der Waals surface area contributed by atoms with Gasteiger partial charge in [0, 0.05) is 5.02 Å². The first kappa shape index (κ1) is 13.3. The second kappa shape index (κ2) is 4.62. The fourth-order valence-corrected chi connectivity index (χ4v) is 2.29. The molecule has 1 saturated carbocycles. The summed E-state index contributed by atoms with van der Waals surface area (Å²) < 4.78 is 0. The molecule has 5 heteroatoms. The number of primary amides is 1. The number of amides is 1. The van der Waals surface area contributed by atoms with E-state index in [0.717, 1.165) is 12.0 Å². The maximum Gasteiger partial charge on any atom is 0.228 e. The lowest BCUT2D eigenvalue weighted by molar-refractivity contribution is -0.120. The van der Waals surface area contributed by atoms with Gasteiger partial charge in [-0.3, -0.25) is 4.79 Å². The lowest BCUT2D eigenvalue weighted by Gasteiger charge is -2.13. The minimum absolute atomic E-state index is 0. The molecule has 1 fully saturated rings. The zero-order valence-corrected chi connectivity index (χ0v) is 10.2. The van der Waals surface area contributed by atoms with Crippen molar-refractivity contribution >= 4 is 29.9 Å². The Hall–Kier alpha value is -0.770. The number of hydrogen-bond acceptors (Lipinski definition) is 2. The van der Waals surface area contributed by atoms with E-state index < -0.39 is 5.41 Å². The molecule has 0 aliphatic heterocycles. The van der Waals surface area contributed by atoms with Gasteiger partial charge in [0.15, 0.2) is 0 Å². The van der Waals surface area contributed by atoms with Gasteiger partial charge >= 0.3 is 0 Å². The highest BCUT2D eigenvalue weighted by Crippen LogP contribution is 2.53. The van der Waals surface area contributed by atoms with Crippen LogP contribution in [0.25, 0.3) is 0 Å². The van der Waals surface area contributed by atoms with Crippen molar-refractivity contribution in [1.82, 2.24) is 0 Å². The number of benzene rings is 1. The normalized spacial score (nSPS) is 27.0. The minimum Gasteiger partial charge on any atom is -0.369 e. The summed E-state index contributed by atoms with van der Waals surface area (Å²) in [4.78, 5) is 11.5. The molecule has 1 aliphatic rings. The molecule has 4 N–H and O–H groups in total. The zero-order chi connectivity index (χ0) is 11.1. The van der Waals surface area contributed by atoms with Crippen LogP contribution in [0.4, 0.5) is 0 Å². The highest BCUT2D eigenvalue weighted by atomic mass is 35.5. The Morgan fingerprint density at radius 1 is 1.44 bits per heavy atom. The van der Waals surface area contributed by atoms with Crippen molar-refractivity contribution < 1.29 is 4.79 Å². The van der Waals surface area contributed by atoms with Gasteiger partial charge < -0.3 is 11.5 Å². The molecule has 3 nitrogen and oxygen atoms in total. The molecule has 2 atom stereocenters. The summed E-state index contributed by atoms with van der Waals surface area (Å²) in [5, 5.41) is 0.656. The van der Waals surface area contributed by atoms with Crippen LogP contribution in [-0.4, -0.2) is 12.5 Å². The Balaban J connectivity index is 0.00000128. The number of carbonyl (C=O) groups excluding carboxylic acids is 1. The molecule has 1 aromatic carbocycles. The first-order valence-electron chi connectivity index (χ1n) is 4.87.